The first kappa shape index (κ1) is 22.3. The number of nitrogens with two attached hydrogens (primary N) is 1. The minimum Gasteiger partial charge on any atom is -0.357 e. The lowest BCUT2D eigenvalue weighted by molar-refractivity contribution is -0.664. The van der Waals surface area contributed by atoms with Crippen LogP contribution in [0.2, 0.25) is 0 Å². The van der Waals surface area contributed by atoms with Crippen LogP contribution in [-0.2, 0) is 0 Å². The van der Waals surface area contributed by atoms with Gasteiger partial charge in [0.1, 0.15) is 0 Å². The first-order valence-electron chi connectivity index (χ1n) is 11.2. The van der Waals surface area contributed by atoms with Gasteiger partial charge in [0.05, 0.1) is 13.1 Å². The van der Waals surface area contributed by atoms with Gasteiger partial charge in [-0.2, -0.15) is 10.1 Å². The Balaban J connectivity index is 1.73. The average Bonchev–Trinajstić information content (AvgIpc) is 3.11. The minimum absolute atomic E-state index is 0.258. The first-order valence-corrected chi connectivity index (χ1v) is 11.2. The van der Waals surface area contributed by atoms with Crippen LogP contribution in [0.15, 0.2) is 62.0 Å². The fraction of sp³-hybridized carbons (Fsp3) is 0.520. The average molecular weight is 411 g/mol. The third kappa shape index (κ3) is 6.05. The minimum atomic E-state index is -0.468. The van der Waals surface area contributed by atoms with E-state index in [0.29, 0.717) is 5.89 Å². The highest BCUT2D eigenvalue weighted by Gasteiger charge is 2.32. The van der Waals surface area contributed by atoms with E-state index in [0.717, 1.165) is 11.5 Å². The SMILES string of the molecule is CC(/C=C/C1=C(C2CC[NH2+]CC2)CCCC1(C)C)=C\C=C\C(C)=C\c1nc(=O)[nH]o1. The van der Waals surface area contributed by atoms with Crippen LogP contribution in [-0.4, -0.2) is 23.2 Å². The lowest BCUT2D eigenvalue weighted by atomic mass is 9.68. The molecule has 0 aromatic carbocycles. The van der Waals surface area contributed by atoms with Crippen molar-refractivity contribution < 1.29 is 9.84 Å². The Morgan fingerprint density at radius 3 is 2.67 bits per heavy atom. The highest BCUT2D eigenvalue weighted by Crippen LogP contribution is 2.44. The second kappa shape index (κ2) is 10.1. The molecule has 1 aromatic rings. The van der Waals surface area contributed by atoms with Crippen molar-refractivity contribution in [2.24, 2.45) is 11.3 Å². The van der Waals surface area contributed by atoms with Crippen LogP contribution in [0.25, 0.3) is 6.08 Å². The van der Waals surface area contributed by atoms with Crippen LogP contribution in [0, 0.1) is 11.3 Å². The number of nitrogens with one attached hydrogen (secondary N) is 1. The van der Waals surface area contributed by atoms with Crippen LogP contribution in [0.5, 0.6) is 0 Å². The summed E-state index contributed by atoms with van der Waals surface area (Å²) in [5.74, 6) is 1.07. The molecule has 1 aliphatic heterocycles. The molecule has 0 radical (unpaired) electrons. The number of aromatic nitrogens is 2. The van der Waals surface area contributed by atoms with Crippen molar-refractivity contribution in [3.05, 3.63) is 69.0 Å². The summed E-state index contributed by atoms with van der Waals surface area (Å²) >= 11 is 0. The Hall–Kier alpha value is -2.40. The number of rotatable bonds is 6. The summed E-state index contributed by atoms with van der Waals surface area (Å²) in [7, 11) is 0. The predicted molar refractivity (Wildman–Crippen MR) is 122 cm³/mol. The predicted octanol–water partition coefficient (Wildman–Crippen LogP) is 4.31. The quantitative estimate of drug-likeness (QED) is 0.687. The molecule has 1 fully saturated rings. The third-order valence-electron chi connectivity index (χ3n) is 6.29. The second-order valence-electron chi connectivity index (χ2n) is 9.27. The zero-order valence-electron chi connectivity index (χ0n) is 18.8. The van der Waals surface area contributed by atoms with Crippen molar-refractivity contribution >= 4 is 6.08 Å². The number of aromatic amines is 1. The van der Waals surface area contributed by atoms with Gasteiger partial charge >= 0.3 is 5.69 Å². The van der Waals surface area contributed by atoms with Gasteiger partial charge in [-0.25, -0.2) is 4.79 Å². The van der Waals surface area contributed by atoms with E-state index < -0.39 is 5.69 Å². The summed E-state index contributed by atoms with van der Waals surface area (Å²) in [5.41, 5.74) is 5.26. The molecule has 0 atom stereocenters. The van der Waals surface area contributed by atoms with Gasteiger partial charge in [0, 0.05) is 18.9 Å². The standard InChI is InChI=1S/C25H35N3O2/c1-18(7-5-8-19(2)17-23-27-24(29)28-30-23)10-11-22-21(9-6-14-25(22,3)4)20-12-15-26-16-13-20/h5,7-8,10-11,17,20,26H,6,9,12-16H2,1-4H3,(H,28,29)/p+1/b8-5+,11-10+,18-7+,19-17+. The zero-order chi connectivity index (χ0) is 21.6. The molecule has 30 heavy (non-hydrogen) atoms. The van der Waals surface area contributed by atoms with Gasteiger partial charge in [-0.05, 0) is 55.6 Å². The summed E-state index contributed by atoms with van der Waals surface area (Å²) in [6.07, 6.45) is 19.0. The van der Waals surface area contributed by atoms with Crippen molar-refractivity contribution in [1.29, 1.82) is 0 Å². The Morgan fingerprint density at radius 2 is 1.97 bits per heavy atom. The van der Waals surface area contributed by atoms with Crippen LogP contribution < -0.4 is 11.0 Å². The Labute approximate surface area is 179 Å². The normalized spacial score (nSPS) is 21.9. The van der Waals surface area contributed by atoms with E-state index in [1.54, 1.807) is 17.2 Å². The van der Waals surface area contributed by atoms with Crippen molar-refractivity contribution in [2.75, 3.05) is 13.1 Å². The highest BCUT2D eigenvalue weighted by molar-refractivity contribution is 5.47. The molecule has 0 spiro atoms. The monoisotopic (exact) mass is 410 g/mol. The molecule has 5 heteroatoms. The summed E-state index contributed by atoms with van der Waals surface area (Å²) < 4.78 is 4.96. The van der Waals surface area contributed by atoms with Gasteiger partial charge < -0.3 is 9.84 Å². The fourth-order valence-electron chi connectivity index (χ4n) is 4.62. The molecule has 0 bridgehead atoms. The smallest absolute Gasteiger partial charge is 0.357 e. The molecule has 162 valence electrons. The number of quaternary nitrogens is 1. The molecule has 0 amide bonds. The molecule has 5 nitrogen and oxygen atoms in total. The molecule has 2 aliphatic rings. The summed E-state index contributed by atoms with van der Waals surface area (Å²) in [4.78, 5) is 14.7. The summed E-state index contributed by atoms with van der Waals surface area (Å²) in [6.45, 7) is 11.4. The molecule has 1 aliphatic carbocycles. The molecule has 1 aromatic heterocycles. The van der Waals surface area contributed by atoms with E-state index in [2.05, 4.69) is 54.5 Å². The van der Waals surface area contributed by atoms with Crippen molar-refractivity contribution in [3.8, 4) is 0 Å². The van der Waals surface area contributed by atoms with Gasteiger partial charge in [0.15, 0.2) is 0 Å². The van der Waals surface area contributed by atoms with Gasteiger partial charge in [-0.3, -0.25) is 0 Å². The Kier molecular flexibility index (Phi) is 7.48. The highest BCUT2D eigenvalue weighted by atomic mass is 16.5. The number of hydrogen-bond acceptors (Lipinski definition) is 3. The van der Waals surface area contributed by atoms with E-state index in [4.69, 9.17) is 4.52 Å². The van der Waals surface area contributed by atoms with E-state index in [1.165, 1.54) is 50.8 Å². The van der Waals surface area contributed by atoms with Gasteiger partial charge in [-0.15, -0.1) is 0 Å². The lowest BCUT2D eigenvalue weighted by Gasteiger charge is -2.37. The number of hydrogen-bond donors (Lipinski definition) is 2. The number of piperidine rings is 1. The number of allylic oxidation sites excluding steroid dienone is 9. The van der Waals surface area contributed by atoms with Gasteiger partial charge in [0.2, 0.25) is 0 Å². The second-order valence-corrected chi connectivity index (χ2v) is 9.27. The summed E-state index contributed by atoms with van der Waals surface area (Å²) in [6, 6.07) is 0. The lowest BCUT2D eigenvalue weighted by Crippen LogP contribution is -2.86. The Morgan fingerprint density at radius 1 is 1.20 bits per heavy atom. The van der Waals surface area contributed by atoms with Crippen molar-refractivity contribution in [3.63, 3.8) is 0 Å². The van der Waals surface area contributed by atoms with Gasteiger partial charge in [-0.1, -0.05) is 55.4 Å². The zero-order valence-corrected chi connectivity index (χ0v) is 18.8. The maximum Gasteiger partial charge on any atom is 0.377 e. The molecule has 1 saturated heterocycles. The van der Waals surface area contributed by atoms with Gasteiger partial charge in [0.25, 0.3) is 5.89 Å². The molecule has 0 unspecified atom stereocenters. The molecule has 2 heterocycles. The molecular formula is C25H36N3O2+. The van der Waals surface area contributed by atoms with E-state index in [9.17, 15) is 4.79 Å². The van der Waals surface area contributed by atoms with Crippen LogP contribution in [0.3, 0.4) is 0 Å². The maximum atomic E-state index is 11.0. The van der Waals surface area contributed by atoms with Crippen molar-refractivity contribution in [2.45, 2.75) is 59.8 Å². The maximum absolute atomic E-state index is 11.0. The van der Waals surface area contributed by atoms with Crippen LogP contribution in [0.1, 0.15) is 65.7 Å². The largest absolute Gasteiger partial charge is 0.377 e. The third-order valence-corrected chi connectivity index (χ3v) is 6.29. The first-order chi connectivity index (χ1) is 14.3. The van der Waals surface area contributed by atoms with E-state index in [-0.39, 0.29) is 5.41 Å². The summed E-state index contributed by atoms with van der Waals surface area (Å²) in [5, 5.41) is 4.65. The number of H-pyrrole nitrogens is 1. The molecule has 0 saturated carbocycles. The van der Waals surface area contributed by atoms with Crippen LogP contribution in [0.4, 0.5) is 0 Å². The number of nitrogens with zero attached hydrogens (tertiary/aromatic N) is 1. The molecule has 3 rings (SSSR count). The van der Waals surface area contributed by atoms with E-state index in [1.807, 2.05) is 19.1 Å². The molecular weight excluding hydrogens is 374 g/mol. The van der Waals surface area contributed by atoms with Crippen LogP contribution >= 0.6 is 0 Å². The topological polar surface area (TPSA) is 75.5 Å². The Bertz CT molecular complexity index is 932. The molecule has 3 N–H and O–H groups in total. The van der Waals surface area contributed by atoms with E-state index >= 15 is 0 Å². The fourth-order valence-corrected chi connectivity index (χ4v) is 4.62. The van der Waals surface area contributed by atoms with Crippen molar-refractivity contribution in [1.82, 2.24) is 10.1 Å².